The minimum Gasteiger partial charge on any atom is -0.489 e. The maximum Gasteiger partial charge on any atom is 0.232 e. The molecule has 1 amide bonds. The van der Waals surface area contributed by atoms with E-state index in [0.29, 0.717) is 47.8 Å². The van der Waals surface area contributed by atoms with Crippen LogP contribution in [0.4, 0.5) is 5.69 Å². The van der Waals surface area contributed by atoms with E-state index in [0.717, 1.165) is 16.3 Å². The zero-order valence-electron chi connectivity index (χ0n) is 15.9. The molecule has 0 bridgehead atoms. The van der Waals surface area contributed by atoms with E-state index in [4.69, 9.17) is 21.1 Å². The Morgan fingerprint density at radius 1 is 1.21 bits per heavy atom. The van der Waals surface area contributed by atoms with Crippen molar-refractivity contribution < 1.29 is 14.3 Å². The Morgan fingerprint density at radius 2 is 2.07 bits per heavy atom. The first kappa shape index (κ1) is 18.3. The summed E-state index contributed by atoms with van der Waals surface area (Å²) >= 11 is 6.34. The number of rotatable bonds is 5. The number of ether oxygens (including phenoxy) is 2. The molecule has 3 aromatic rings. The van der Waals surface area contributed by atoms with Crippen molar-refractivity contribution in [3.8, 4) is 11.5 Å². The maximum absolute atomic E-state index is 13.2. The van der Waals surface area contributed by atoms with Crippen LogP contribution in [0.2, 0.25) is 5.02 Å². The van der Waals surface area contributed by atoms with Crippen LogP contribution in [-0.4, -0.2) is 24.1 Å². The molecule has 2 heterocycles. The SMILES string of the molecule is O=C(Nc1cncc2ccccc12)C1CCOc2c(OCC3CC3)cc(Cl)cc21. The highest BCUT2D eigenvalue weighted by Gasteiger charge is 2.31. The summed E-state index contributed by atoms with van der Waals surface area (Å²) in [5.74, 6) is 1.43. The minimum atomic E-state index is -0.361. The van der Waals surface area contributed by atoms with Gasteiger partial charge in [0.05, 0.1) is 31.0 Å². The van der Waals surface area contributed by atoms with E-state index in [1.54, 1.807) is 18.5 Å². The Morgan fingerprint density at radius 3 is 2.93 bits per heavy atom. The van der Waals surface area contributed by atoms with E-state index in [1.807, 2.05) is 30.3 Å². The van der Waals surface area contributed by atoms with Crippen molar-refractivity contribution in [3.05, 3.63) is 59.4 Å². The van der Waals surface area contributed by atoms with Crippen molar-refractivity contribution in [3.63, 3.8) is 0 Å². The normalized spacial score (nSPS) is 18.0. The molecular formula is C23H21ClN2O3. The fourth-order valence-electron chi connectivity index (χ4n) is 3.74. The molecule has 1 fully saturated rings. The van der Waals surface area contributed by atoms with Crippen molar-refractivity contribution >= 4 is 34.0 Å². The van der Waals surface area contributed by atoms with Crippen LogP contribution in [0.5, 0.6) is 11.5 Å². The molecule has 1 saturated carbocycles. The topological polar surface area (TPSA) is 60.5 Å². The van der Waals surface area contributed by atoms with E-state index in [2.05, 4.69) is 10.3 Å². The van der Waals surface area contributed by atoms with Gasteiger partial charge < -0.3 is 14.8 Å². The summed E-state index contributed by atoms with van der Waals surface area (Å²) in [6, 6.07) is 11.4. The monoisotopic (exact) mass is 408 g/mol. The average Bonchev–Trinajstić information content (AvgIpc) is 3.56. The number of anilines is 1. The van der Waals surface area contributed by atoms with Gasteiger partial charge in [-0.15, -0.1) is 0 Å². The zero-order chi connectivity index (χ0) is 19.8. The lowest BCUT2D eigenvalue weighted by molar-refractivity contribution is -0.118. The summed E-state index contributed by atoms with van der Waals surface area (Å²) in [7, 11) is 0. The summed E-state index contributed by atoms with van der Waals surface area (Å²) in [6.45, 7) is 1.12. The lowest BCUT2D eigenvalue weighted by Crippen LogP contribution is -2.27. The van der Waals surface area contributed by atoms with Crippen LogP contribution in [0.15, 0.2) is 48.8 Å². The molecule has 0 saturated heterocycles. The maximum atomic E-state index is 13.2. The number of carbonyl (C=O) groups is 1. The smallest absolute Gasteiger partial charge is 0.232 e. The van der Waals surface area contributed by atoms with Crippen LogP contribution in [0.3, 0.4) is 0 Å². The molecule has 0 spiro atoms. The highest BCUT2D eigenvalue weighted by Crippen LogP contribution is 2.44. The third kappa shape index (κ3) is 3.75. The number of nitrogens with zero attached hydrogens (tertiary/aromatic N) is 1. The summed E-state index contributed by atoms with van der Waals surface area (Å²) in [4.78, 5) is 17.4. The number of fused-ring (bicyclic) bond motifs is 2. The molecule has 6 heteroatoms. The Labute approximate surface area is 174 Å². The molecule has 1 N–H and O–H groups in total. The van der Waals surface area contributed by atoms with Crippen LogP contribution >= 0.6 is 11.6 Å². The number of benzene rings is 2. The van der Waals surface area contributed by atoms with Gasteiger partial charge in [0.15, 0.2) is 11.5 Å². The molecule has 29 heavy (non-hydrogen) atoms. The second-order valence-electron chi connectivity index (χ2n) is 7.66. The van der Waals surface area contributed by atoms with E-state index < -0.39 is 0 Å². The Bertz CT molecular complexity index is 1080. The predicted octanol–water partition coefficient (Wildman–Crippen LogP) is 5.18. The first-order chi connectivity index (χ1) is 14.2. The van der Waals surface area contributed by atoms with Crippen LogP contribution < -0.4 is 14.8 Å². The Kier molecular flexibility index (Phi) is 4.76. The molecule has 1 unspecified atom stereocenters. The molecule has 2 aromatic carbocycles. The average molecular weight is 409 g/mol. The number of halogens is 1. The van der Waals surface area contributed by atoms with Crippen molar-refractivity contribution in [2.75, 3.05) is 18.5 Å². The van der Waals surface area contributed by atoms with Crippen LogP contribution in [-0.2, 0) is 4.79 Å². The van der Waals surface area contributed by atoms with Crippen LogP contribution in [0, 0.1) is 5.92 Å². The number of amides is 1. The largest absolute Gasteiger partial charge is 0.489 e. The predicted molar refractivity (Wildman–Crippen MR) is 113 cm³/mol. The molecule has 1 aromatic heterocycles. The van der Waals surface area contributed by atoms with Gasteiger partial charge in [0, 0.05) is 33.6 Å². The second kappa shape index (κ2) is 7.56. The van der Waals surface area contributed by atoms with Crippen LogP contribution in [0.25, 0.3) is 10.8 Å². The Hall–Kier alpha value is -2.79. The number of pyridine rings is 1. The van der Waals surface area contributed by atoms with E-state index >= 15 is 0 Å². The number of aromatic nitrogens is 1. The molecule has 1 aliphatic heterocycles. The van der Waals surface area contributed by atoms with Gasteiger partial charge in [-0.2, -0.15) is 0 Å². The van der Waals surface area contributed by atoms with Crippen molar-refractivity contribution in [1.29, 1.82) is 0 Å². The van der Waals surface area contributed by atoms with Crippen LogP contribution in [0.1, 0.15) is 30.7 Å². The summed E-state index contributed by atoms with van der Waals surface area (Å²) < 4.78 is 11.8. The fraction of sp³-hybridized carbons (Fsp3) is 0.304. The molecule has 5 rings (SSSR count). The van der Waals surface area contributed by atoms with Gasteiger partial charge in [0.25, 0.3) is 0 Å². The van der Waals surface area contributed by atoms with Gasteiger partial charge in [-0.3, -0.25) is 9.78 Å². The van der Waals surface area contributed by atoms with Gasteiger partial charge in [-0.05, 0) is 31.2 Å². The number of hydrogen-bond donors (Lipinski definition) is 1. The summed E-state index contributed by atoms with van der Waals surface area (Å²) in [6.07, 6.45) is 6.46. The highest BCUT2D eigenvalue weighted by molar-refractivity contribution is 6.31. The zero-order valence-corrected chi connectivity index (χ0v) is 16.6. The van der Waals surface area contributed by atoms with Crippen molar-refractivity contribution in [1.82, 2.24) is 4.98 Å². The Balaban J connectivity index is 1.44. The highest BCUT2D eigenvalue weighted by atomic mass is 35.5. The van der Waals surface area contributed by atoms with Gasteiger partial charge in [-0.1, -0.05) is 35.9 Å². The summed E-state index contributed by atoms with van der Waals surface area (Å²) in [5.41, 5.74) is 1.48. The minimum absolute atomic E-state index is 0.0943. The quantitative estimate of drug-likeness (QED) is 0.631. The molecule has 2 aliphatic rings. The molecule has 0 radical (unpaired) electrons. The third-order valence-corrected chi connectivity index (χ3v) is 5.71. The molecule has 148 valence electrons. The number of nitrogens with one attached hydrogen (secondary N) is 1. The van der Waals surface area contributed by atoms with E-state index in [9.17, 15) is 4.79 Å². The van der Waals surface area contributed by atoms with Gasteiger partial charge in [0.2, 0.25) is 5.91 Å². The lowest BCUT2D eigenvalue weighted by atomic mass is 9.91. The number of hydrogen-bond acceptors (Lipinski definition) is 4. The molecule has 5 nitrogen and oxygen atoms in total. The molecule has 1 aliphatic carbocycles. The van der Waals surface area contributed by atoms with Crippen molar-refractivity contribution in [2.24, 2.45) is 5.92 Å². The third-order valence-electron chi connectivity index (χ3n) is 5.49. The van der Waals surface area contributed by atoms with Gasteiger partial charge in [-0.25, -0.2) is 0 Å². The standard InChI is InChI=1S/C23H21ClN2O3/c24-16-9-19-18(7-8-28-22(19)21(10-16)29-13-14-5-6-14)23(27)26-20-12-25-11-15-3-1-2-4-17(15)20/h1-4,9-12,14,18H,5-8,13H2,(H,26,27). The first-order valence-corrected chi connectivity index (χ1v) is 10.3. The first-order valence-electron chi connectivity index (χ1n) is 9.91. The van der Waals surface area contributed by atoms with Crippen molar-refractivity contribution in [2.45, 2.75) is 25.2 Å². The fourth-order valence-corrected chi connectivity index (χ4v) is 3.96. The molecular weight excluding hydrogens is 388 g/mol. The van der Waals surface area contributed by atoms with E-state index in [-0.39, 0.29) is 11.8 Å². The summed E-state index contributed by atoms with van der Waals surface area (Å²) in [5, 5.41) is 5.54. The van der Waals surface area contributed by atoms with Gasteiger partial charge >= 0.3 is 0 Å². The lowest BCUT2D eigenvalue weighted by Gasteiger charge is -2.27. The molecule has 1 atom stereocenters. The second-order valence-corrected chi connectivity index (χ2v) is 8.10. The van der Waals surface area contributed by atoms with Gasteiger partial charge in [0.1, 0.15) is 0 Å². The number of carbonyl (C=O) groups excluding carboxylic acids is 1. The van der Waals surface area contributed by atoms with E-state index in [1.165, 1.54) is 12.8 Å².